The molecule has 0 saturated carbocycles. The Morgan fingerprint density at radius 3 is 2.42 bits per heavy atom. The number of aryl methyl sites for hydroxylation is 2. The van der Waals surface area contributed by atoms with Crippen LogP contribution < -0.4 is 10.5 Å². The van der Waals surface area contributed by atoms with Gasteiger partial charge in [-0.2, -0.15) is 0 Å². The summed E-state index contributed by atoms with van der Waals surface area (Å²) < 4.78 is 5.72. The van der Waals surface area contributed by atoms with Crippen LogP contribution in [0.5, 0.6) is 5.75 Å². The lowest BCUT2D eigenvalue weighted by atomic mass is 10.1. The van der Waals surface area contributed by atoms with Crippen molar-refractivity contribution >= 4 is 5.82 Å². The van der Waals surface area contributed by atoms with E-state index in [0.717, 1.165) is 22.6 Å². The van der Waals surface area contributed by atoms with Crippen LogP contribution in [0.4, 0.5) is 5.82 Å². The summed E-state index contributed by atoms with van der Waals surface area (Å²) in [4.78, 5) is 8.67. The molecule has 2 N–H and O–H groups in total. The van der Waals surface area contributed by atoms with E-state index in [2.05, 4.69) is 9.97 Å². The summed E-state index contributed by atoms with van der Waals surface area (Å²) in [6.45, 7) is 7.94. The number of benzene rings is 1. The molecular formula is C15H19N3O. The number of nitrogen functional groups attached to an aromatic ring is 1. The van der Waals surface area contributed by atoms with Gasteiger partial charge in [-0.05, 0) is 51.5 Å². The molecular weight excluding hydrogens is 238 g/mol. The highest BCUT2D eigenvalue weighted by molar-refractivity contribution is 5.60. The first-order chi connectivity index (χ1) is 8.95. The van der Waals surface area contributed by atoms with Crippen molar-refractivity contribution in [1.29, 1.82) is 0 Å². The highest BCUT2D eigenvalue weighted by Gasteiger charge is 2.07. The summed E-state index contributed by atoms with van der Waals surface area (Å²) in [6.07, 6.45) is 0.162. The quantitative estimate of drug-likeness (QED) is 0.917. The molecule has 2 aromatic rings. The third-order valence-corrected chi connectivity index (χ3v) is 2.67. The first-order valence-electron chi connectivity index (χ1n) is 6.34. The molecule has 0 atom stereocenters. The highest BCUT2D eigenvalue weighted by Crippen LogP contribution is 2.25. The molecule has 19 heavy (non-hydrogen) atoms. The molecule has 4 heteroatoms. The van der Waals surface area contributed by atoms with Crippen LogP contribution in [0.2, 0.25) is 0 Å². The van der Waals surface area contributed by atoms with Gasteiger partial charge in [0.05, 0.1) is 6.10 Å². The van der Waals surface area contributed by atoms with E-state index in [1.54, 1.807) is 6.07 Å². The van der Waals surface area contributed by atoms with E-state index in [1.165, 1.54) is 0 Å². The molecule has 0 aliphatic carbocycles. The van der Waals surface area contributed by atoms with Crippen LogP contribution in [0.25, 0.3) is 11.4 Å². The number of hydrogen-bond donors (Lipinski definition) is 1. The van der Waals surface area contributed by atoms with Gasteiger partial charge in [0.25, 0.3) is 0 Å². The smallest absolute Gasteiger partial charge is 0.161 e. The number of hydrogen-bond acceptors (Lipinski definition) is 4. The third kappa shape index (κ3) is 3.22. The van der Waals surface area contributed by atoms with E-state index in [9.17, 15) is 0 Å². The molecule has 1 aromatic carbocycles. The topological polar surface area (TPSA) is 61.0 Å². The van der Waals surface area contributed by atoms with Crippen molar-refractivity contribution in [2.24, 2.45) is 0 Å². The molecule has 1 heterocycles. The van der Waals surface area contributed by atoms with Crippen molar-refractivity contribution in [2.45, 2.75) is 33.8 Å². The summed E-state index contributed by atoms with van der Waals surface area (Å²) >= 11 is 0. The molecule has 0 saturated heterocycles. The molecule has 1 aromatic heterocycles. The molecule has 0 aliphatic heterocycles. The Morgan fingerprint density at radius 1 is 1.11 bits per heavy atom. The van der Waals surface area contributed by atoms with Crippen LogP contribution in [0.1, 0.15) is 25.1 Å². The molecule has 0 spiro atoms. The lowest BCUT2D eigenvalue weighted by molar-refractivity contribution is 0.241. The summed E-state index contributed by atoms with van der Waals surface area (Å²) in [5.74, 6) is 2.03. The van der Waals surface area contributed by atoms with E-state index in [0.29, 0.717) is 11.6 Å². The Balaban J connectivity index is 2.38. The normalized spacial score (nSPS) is 10.8. The van der Waals surface area contributed by atoms with E-state index in [4.69, 9.17) is 10.5 Å². The zero-order valence-electron chi connectivity index (χ0n) is 11.8. The van der Waals surface area contributed by atoms with Gasteiger partial charge in [-0.25, -0.2) is 9.97 Å². The Hall–Kier alpha value is -2.10. The number of rotatable bonds is 3. The minimum absolute atomic E-state index is 0.162. The molecule has 2 rings (SSSR count). The lowest BCUT2D eigenvalue weighted by Gasteiger charge is -2.13. The van der Waals surface area contributed by atoms with Crippen molar-refractivity contribution in [2.75, 3.05) is 5.73 Å². The van der Waals surface area contributed by atoms with Gasteiger partial charge in [0.2, 0.25) is 0 Å². The number of ether oxygens (including phenoxy) is 1. The molecule has 0 radical (unpaired) electrons. The minimum Gasteiger partial charge on any atom is -0.491 e. The van der Waals surface area contributed by atoms with Crippen molar-refractivity contribution in [3.63, 3.8) is 0 Å². The Kier molecular flexibility index (Phi) is 3.69. The molecule has 0 unspecified atom stereocenters. The van der Waals surface area contributed by atoms with Gasteiger partial charge in [-0.3, -0.25) is 0 Å². The van der Waals surface area contributed by atoms with Crippen molar-refractivity contribution < 1.29 is 4.74 Å². The largest absolute Gasteiger partial charge is 0.491 e. The maximum Gasteiger partial charge on any atom is 0.161 e. The first kappa shape index (κ1) is 13.3. The predicted molar refractivity (Wildman–Crippen MR) is 77.1 cm³/mol. The SMILES string of the molecule is Cc1cc(N)nc(-c2ccc(OC(C)C)c(C)c2)n1. The van der Waals surface area contributed by atoms with Crippen molar-refractivity contribution in [3.8, 4) is 17.1 Å². The van der Waals surface area contributed by atoms with Crippen LogP contribution in [-0.4, -0.2) is 16.1 Å². The maximum absolute atomic E-state index is 5.75. The van der Waals surface area contributed by atoms with Gasteiger partial charge in [0.15, 0.2) is 5.82 Å². The van der Waals surface area contributed by atoms with Gasteiger partial charge in [0, 0.05) is 17.3 Å². The van der Waals surface area contributed by atoms with Gasteiger partial charge in [0.1, 0.15) is 11.6 Å². The summed E-state index contributed by atoms with van der Waals surface area (Å²) in [5, 5.41) is 0. The fourth-order valence-electron chi connectivity index (χ4n) is 1.90. The van der Waals surface area contributed by atoms with Gasteiger partial charge in [-0.15, -0.1) is 0 Å². The number of nitrogens with two attached hydrogens (primary N) is 1. The van der Waals surface area contributed by atoms with E-state index >= 15 is 0 Å². The summed E-state index contributed by atoms with van der Waals surface area (Å²) in [6, 6.07) is 7.68. The number of nitrogens with zero attached hydrogens (tertiary/aromatic N) is 2. The van der Waals surface area contributed by atoms with E-state index in [-0.39, 0.29) is 6.10 Å². The van der Waals surface area contributed by atoms with Gasteiger partial charge < -0.3 is 10.5 Å². The zero-order valence-corrected chi connectivity index (χ0v) is 11.8. The number of anilines is 1. The molecule has 100 valence electrons. The summed E-state index contributed by atoms with van der Waals surface area (Å²) in [5.41, 5.74) is 8.63. The Bertz CT molecular complexity index is 574. The summed E-state index contributed by atoms with van der Waals surface area (Å²) in [7, 11) is 0. The fourth-order valence-corrected chi connectivity index (χ4v) is 1.90. The van der Waals surface area contributed by atoms with Crippen LogP contribution in [0, 0.1) is 13.8 Å². The minimum atomic E-state index is 0.162. The third-order valence-electron chi connectivity index (χ3n) is 2.67. The predicted octanol–water partition coefficient (Wildman–Crippen LogP) is 3.13. The van der Waals surface area contributed by atoms with E-state index < -0.39 is 0 Å². The number of aromatic nitrogens is 2. The second-order valence-corrected chi connectivity index (χ2v) is 4.90. The second kappa shape index (κ2) is 5.26. The highest BCUT2D eigenvalue weighted by atomic mass is 16.5. The molecule has 0 amide bonds. The molecule has 4 nitrogen and oxygen atoms in total. The lowest BCUT2D eigenvalue weighted by Crippen LogP contribution is -2.06. The molecule has 0 fully saturated rings. The maximum atomic E-state index is 5.75. The first-order valence-corrected chi connectivity index (χ1v) is 6.34. The van der Waals surface area contributed by atoms with Crippen LogP contribution >= 0.6 is 0 Å². The fraction of sp³-hybridized carbons (Fsp3) is 0.333. The monoisotopic (exact) mass is 257 g/mol. The van der Waals surface area contributed by atoms with Crippen molar-refractivity contribution in [1.82, 2.24) is 9.97 Å². The standard InChI is InChI=1S/C15H19N3O/c1-9(2)19-13-6-5-12(7-10(13)3)15-17-11(4)8-14(16)18-15/h5-9H,1-4H3,(H2,16,17,18). The zero-order chi connectivity index (χ0) is 14.0. The van der Waals surface area contributed by atoms with Gasteiger partial charge in [-0.1, -0.05) is 0 Å². The van der Waals surface area contributed by atoms with Crippen LogP contribution in [-0.2, 0) is 0 Å². The Morgan fingerprint density at radius 2 is 1.84 bits per heavy atom. The van der Waals surface area contributed by atoms with E-state index in [1.807, 2.05) is 45.9 Å². The molecule has 0 aliphatic rings. The second-order valence-electron chi connectivity index (χ2n) is 4.90. The Labute approximate surface area is 113 Å². The van der Waals surface area contributed by atoms with Crippen LogP contribution in [0.3, 0.4) is 0 Å². The average molecular weight is 257 g/mol. The molecule has 0 bridgehead atoms. The average Bonchev–Trinajstić information content (AvgIpc) is 2.30. The van der Waals surface area contributed by atoms with Crippen molar-refractivity contribution in [3.05, 3.63) is 35.5 Å². The van der Waals surface area contributed by atoms with Crippen LogP contribution in [0.15, 0.2) is 24.3 Å². The van der Waals surface area contributed by atoms with Gasteiger partial charge >= 0.3 is 0 Å².